The third-order valence-corrected chi connectivity index (χ3v) is 5.32. The molecule has 0 spiro atoms. The molecule has 1 N–H and O–H groups in total. The van der Waals surface area contributed by atoms with Gasteiger partial charge in [0.2, 0.25) is 0 Å². The van der Waals surface area contributed by atoms with Gasteiger partial charge < -0.3 is 5.32 Å². The van der Waals surface area contributed by atoms with Crippen molar-refractivity contribution in [3.05, 3.63) is 35.4 Å². The lowest BCUT2D eigenvalue weighted by Crippen LogP contribution is -2.28. The number of benzene rings is 1. The molecular formula is C15H21NS. The Morgan fingerprint density at radius 1 is 1.18 bits per heavy atom. The van der Waals surface area contributed by atoms with Crippen LogP contribution in [0.2, 0.25) is 0 Å². The van der Waals surface area contributed by atoms with E-state index in [2.05, 4.69) is 41.3 Å². The highest BCUT2D eigenvalue weighted by molar-refractivity contribution is 8.00. The molecule has 0 unspecified atom stereocenters. The fourth-order valence-electron chi connectivity index (χ4n) is 2.82. The summed E-state index contributed by atoms with van der Waals surface area (Å²) in [6, 6.07) is 9.36. The number of hydrogen-bond donors (Lipinski definition) is 1. The molecule has 1 aromatic carbocycles. The van der Waals surface area contributed by atoms with E-state index in [-0.39, 0.29) is 0 Å². The molecule has 1 aromatic rings. The van der Waals surface area contributed by atoms with Gasteiger partial charge >= 0.3 is 0 Å². The van der Waals surface area contributed by atoms with Gasteiger partial charge in [-0.05, 0) is 49.4 Å². The Labute approximate surface area is 108 Å². The summed E-state index contributed by atoms with van der Waals surface area (Å²) in [5.41, 5.74) is 3.14. The SMILES string of the molecule is c1cc(CC2CCNCC2)cc(C2CSC2)c1. The van der Waals surface area contributed by atoms with Gasteiger partial charge in [0.15, 0.2) is 0 Å². The maximum atomic E-state index is 3.45. The Kier molecular flexibility index (Phi) is 3.72. The first-order valence-electron chi connectivity index (χ1n) is 6.79. The monoisotopic (exact) mass is 247 g/mol. The van der Waals surface area contributed by atoms with Crippen molar-refractivity contribution in [2.45, 2.75) is 25.2 Å². The molecule has 2 saturated heterocycles. The molecule has 0 saturated carbocycles. The predicted octanol–water partition coefficient (Wildman–Crippen LogP) is 3.06. The van der Waals surface area contributed by atoms with Crippen LogP contribution in [-0.4, -0.2) is 24.6 Å². The summed E-state index contributed by atoms with van der Waals surface area (Å²) in [6.07, 6.45) is 3.99. The normalized spacial score (nSPS) is 22.4. The first-order chi connectivity index (χ1) is 8.42. The van der Waals surface area contributed by atoms with Crippen LogP contribution in [-0.2, 0) is 6.42 Å². The van der Waals surface area contributed by atoms with E-state index in [9.17, 15) is 0 Å². The van der Waals surface area contributed by atoms with Crippen LogP contribution < -0.4 is 5.32 Å². The van der Waals surface area contributed by atoms with E-state index in [1.807, 2.05) is 0 Å². The largest absolute Gasteiger partial charge is 0.317 e. The van der Waals surface area contributed by atoms with Crippen molar-refractivity contribution in [1.29, 1.82) is 0 Å². The van der Waals surface area contributed by atoms with Gasteiger partial charge in [-0.25, -0.2) is 0 Å². The smallest absolute Gasteiger partial charge is 0.00199 e. The molecule has 0 aromatic heterocycles. The molecule has 1 nitrogen and oxygen atoms in total. The minimum atomic E-state index is 0.841. The van der Waals surface area contributed by atoms with Crippen molar-refractivity contribution in [3.8, 4) is 0 Å². The molecule has 17 heavy (non-hydrogen) atoms. The molecule has 2 aliphatic rings. The second-order valence-corrected chi connectivity index (χ2v) is 6.45. The van der Waals surface area contributed by atoms with Crippen molar-refractivity contribution >= 4 is 11.8 Å². The zero-order valence-corrected chi connectivity index (χ0v) is 11.1. The van der Waals surface area contributed by atoms with Crippen molar-refractivity contribution in [2.24, 2.45) is 5.92 Å². The summed E-state index contributed by atoms with van der Waals surface area (Å²) in [5.74, 6) is 4.41. The molecule has 2 aliphatic heterocycles. The summed E-state index contributed by atoms with van der Waals surface area (Å²) in [5, 5.41) is 3.45. The summed E-state index contributed by atoms with van der Waals surface area (Å²) in [4.78, 5) is 0. The third-order valence-electron chi connectivity index (χ3n) is 4.04. The lowest BCUT2D eigenvalue weighted by Gasteiger charge is -2.26. The first-order valence-corrected chi connectivity index (χ1v) is 7.94. The minimum Gasteiger partial charge on any atom is -0.317 e. The van der Waals surface area contributed by atoms with Crippen LogP contribution in [0.15, 0.2) is 24.3 Å². The zero-order valence-electron chi connectivity index (χ0n) is 10.3. The van der Waals surface area contributed by atoms with Gasteiger partial charge in [0, 0.05) is 17.4 Å². The van der Waals surface area contributed by atoms with Gasteiger partial charge in [-0.1, -0.05) is 24.3 Å². The summed E-state index contributed by atoms with van der Waals surface area (Å²) < 4.78 is 0. The second kappa shape index (κ2) is 5.45. The minimum absolute atomic E-state index is 0.841. The number of piperidine rings is 1. The maximum absolute atomic E-state index is 3.45. The molecule has 2 heterocycles. The van der Waals surface area contributed by atoms with E-state index in [0.29, 0.717) is 0 Å². The Balaban J connectivity index is 1.65. The standard InChI is InChI=1S/C15H21NS/c1-2-13(8-12-4-6-16-7-5-12)9-14(3-1)15-10-17-11-15/h1-3,9,12,15-16H,4-8,10-11H2. The molecule has 0 atom stereocenters. The van der Waals surface area contributed by atoms with Crippen LogP contribution in [0.5, 0.6) is 0 Å². The van der Waals surface area contributed by atoms with Crippen LogP contribution in [0.25, 0.3) is 0 Å². The Morgan fingerprint density at radius 3 is 2.71 bits per heavy atom. The van der Waals surface area contributed by atoms with Gasteiger partial charge in [0.05, 0.1) is 0 Å². The van der Waals surface area contributed by atoms with Crippen molar-refractivity contribution in [2.75, 3.05) is 24.6 Å². The molecule has 0 aliphatic carbocycles. The highest BCUT2D eigenvalue weighted by Gasteiger charge is 2.20. The number of thioether (sulfide) groups is 1. The van der Waals surface area contributed by atoms with Crippen LogP contribution in [0.1, 0.15) is 29.9 Å². The molecule has 0 radical (unpaired) electrons. The summed E-state index contributed by atoms with van der Waals surface area (Å²) in [7, 11) is 0. The lowest BCUT2D eigenvalue weighted by molar-refractivity contribution is 0.372. The van der Waals surface area contributed by atoms with Crippen LogP contribution in [0.3, 0.4) is 0 Å². The number of rotatable bonds is 3. The Hall–Kier alpha value is -0.470. The van der Waals surface area contributed by atoms with Crippen molar-refractivity contribution < 1.29 is 0 Å². The summed E-state index contributed by atoms with van der Waals surface area (Å²) in [6.45, 7) is 2.42. The molecule has 0 amide bonds. The van der Waals surface area contributed by atoms with Gasteiger partial charge in [0.1, 0.15) is 0 Å². The quantitative estimate of drug-likeness (QED) is 0.881. The van der Waals surface area contributed by atoms with E-state index in [4.69, 9.17) is 0 Å². The second-order valence-electron chi connectivity index (χ2n) is 5.38. The van der Waals surface area contributed by atoms with Crippen molar-refractivity contribution in [1.82, 2.24) is 5.32 Å². The Morgan fingerprint density at radius 2 is 2.00 bits per heavy atom. The molecule has 0 bridgehead atoms. The first kappa shape index (κ1) is 11.6. The predicted molar refractivity (Wildman–Crippen MR) is 75.8 cm³/mol. The van der Waals surface area contributed by atoms with E-state index < -0.39 is 0 Å². The average Bonchev–Trinajstić information content (AvgIpc) is 2.28. The summed E-state index contributed by atoms with van der Waals surface area (Å²) >= 11 is 2.07. The van der Waals surface area contributed by atoms with Crippen LogP contribution >= 0.6 is 11.8 Å². The highest BCUT2D eigenvalue weighted by atomic mass is 32.2. The zero-order chi connectivity index (χ0) is 11.5. The van der Waals surface area contributed by atoms with Gasteiger partial charge in [0.25, 0.3) is 0 Å². The van der Waals surface area contributed by atoms with E-state index in [1.165, 1.54) is 43.9 Å². The molecule has 2 fully saturated rings. The maximum Gasteiger partial charge on any atom is 0.00199 e. The van der Waals surface area contributed by atoms with E-state index in [1.54, 1.807) is 11.1 Å². The average molecular weight is 247 g/mol. The lowest BCUT2D eigenvalue weighted by atomic mass is 9.89. The number of hydrogen-bond acceptors (Lipinski definition) is 2. The molecule has 92 valence electrons. The number of nitrogens with one attached hydrogen (secondary N) is 1. The Bertz CT molecular complexity index is 367. The van der Waals surface area contributed by atoms with E-state index in [0.717, 1.165) is 11.8 Å². The third kappa shape index (κ3) is 2.86. The van der Waals surface area contributed by atoms with Gasteiger partial charge in [-0.2, -0.15) is 11.8 Å². The van der Waals surface area contributed by atoms with Gasteiger partial charge in [-0.15, -0.1) is 0 Å². The molecule has 2 heteroatoms. The van der Waals surface area contributed by atoms with Crippen LogP contribution in [0.4, 0.5) is 0 Å². The van der Waals surface area contributed by atoms with Gasteiger partial charge in [-0.3, -0.25) is 0 Å². The molecule has 3 rings (SSSR count). The highest BCUT2D eigenvalue weighted by Crippen LogP contribution is 2.34. The van der Waals surface area contributed by atoms with Crippen molar-refractivity contribution in [3.63, 3.8) is 0 Å². The topological polar surface area (TPSA) is 12.0 Å². The fourth-order valence-corrected chi connectivity index (χ4v) is 3.68. The van der Waals surface area contributed by atoms with Crippen LogP contribution in [0, 0.1) is 5.92 Å². The van der Waals surface area contributed by atoms with E-state index >= 15 is 0 Å². The molecular weight excluding hydrogens is 226 g/mol. The fraction of sp³-hybridized carbons (Fsp3) is 0.600.